The van der Waals surface area contributed by atoms with Crippen molar-refractivity contribution in [3.63, 3.8) is 0 Å². The minimum Gasteiger partial charge on any atom is -0.465 e. The first-order chi connectivity index (χ1) is 12.7. The van der Waals surface area contributed by atoms with E-state index in [1.165, 1.54) is 12.7 Å². The number of esters is 1. The van der Waals surface area contributed by atoms with Crippen LogP contribution >= 0.6 is 11.6 Å². The number of nitrogens with one attached hydrogen (secondary N) is 2. The quantitative estimate of drug-likeness (QED) is 0.693. The van der Waals surface area contributed by atoms with Crippen molar-refractivity contribution in [3.05, 3.63) is 58.6 Å². The van der Waals surface area contributed by atoms with Crippen molar-refractivity contribution < 1.29 is 14.3 Å². The van der Waals surface area contributed by atoms with E-state index in [0.717, 1.165) is 5.69 Å². The second kappa shape index (κ2) is 8.91. The minimum absolute atomic E-state index is 0.0739. The van der Waals surface area contributed by atoms with Crippen LogP contribution < -0.4 is 10.6 Å². The molecular formula is C21H25ClN2O3. The molecule has 2 aromatic rings. The Kier molecular flexibility index (Phi) is 6.86. The summed E-state index contributed by atoms with van der Waals surface area (Å²) < 4.78 is 4.70. The second-order valence-electron chi connectivity index (χ2n) is 7.24. The van der Waals surface area contributed by atoms with Gasteiger partial charge in [0.2, 0.25) is 5.91 Å². The molecule has 0 saturated heterocycles. The number of benzene rings is 2. The van der Waals surface area contributed by atoms with Gasteiger partial charge in [0.25, 0.3) is 0 Å². The molecule has 0 fully saturated rings. The summed E-state index contributed by atoms with van der Waals surface area (Å²) in [5.41, 5.74) is 3.03. The zero-order valence-electron chi connectivity index (χ0n) is 16.1. The van der Waals surface area contributed by atoms with Crippen LogP contribution in [0, 0.1) is 0 Å². The Morgan fingerprint density at radius 3 is 2.33 bits per heavy atom. The zero-order valence-corrected chi connectivity index (χ0v) is 16.8. The first-order valence-electron chi connectivity index (χ1n) is 8.73. The van der Waals surface area contributed by atoms with Crippen molar-refractivity contribution in [2.24, 2.45) is 0 Å². The molecule has 0 aromatic heterocycles. The highest BCUT2D eigenvalue weighted by atomic mass is 35.5. The Morgan fingerprint density at radius 1 is 1.07 bits per heavy atom. The van der Waals surface area contributed by atoms with Gasteiger partial charge in [-0.15, -0.1) is 0 Å². The summed E-state index contributed by atoms with van der Waals surface area (Å²) in [5.74, 6) is -0.544. The van der Waals surface area contributed by atoms with Crippen molar-refractivity contribution in [2.75, 3.05) is 24.3 Å². The number of methoxy groups -OCH3 is 1. The van der Waals surface area contributed by atoms with Gasteiger partial charge in [-0.3, -0.25) is 4.79 Å². The fraction of sp³-hybridized carbons (Fsp3) is 0.333. The molecule has 2 N–H and O–H groups in total. The van der Waals surface area contributed by atoms with E-state index >= 15 is 0 Å². The number of hydrogen-bond acceptors (Lipinski definition) is 4. The third kappa shape index (κ3) is 6.00. The number of carbonyl (C=O) groups is 2. The van der Waals surface area contributed by atoms with Gasteiger partial charge in [0.1, 0.15) is 0 Å². The number of anilines is 2. The summed E-state index contributed by atoms with van der Waals surface area (Å²) in [4.78, 5) is 23.7. The van der Waals surface area contributed by atoms with E-state index in [2.05, 4.69) is 31.4 Å². The molecule has 0 radical (unpaired) electrons. The lowest BCUT2D eigenvalue weighted by atomic mass is 9.87. The van der Waals surface area contributed by atoms with E-state index in [1.807, 2.05) is 24.3 Å². The van der Waals surface area contributed by atoms with Crippen LogP contribution in [0.5, 0.6) is 0 Å². The molecule has 0 aliphatic carbocycles. The first kappa shape index (κ1) is 20.8. The Labute approximate surface area is 165 Å². The molecule has 0 aliphatic rings. The normalized spacial score (nSPS) is 11.0. The Morgan fingerprint density at radius 2 is 1.74 bits per heavy atom. The lowest BCUT2D eigenvalue weighted by Crippen LogP contribution is -2.17. The third-order valence-corrected chi connectivity index (χ3v) is 4.42. The van der Waals surface area contributed by atoms with Crippen LogP contribution in [0.3, 0.4) is 0 Å². The van der Waals surface area contributed by atoms with E-state index in [0.29, 0.717) is 22.8 Å². The maximum atomic E-state index is 12.1. The molecule has 2 aromatic carbocycles. The summed E-state index contributed by atoms with van der Waals surface area (Å²) in [7, 11) is 1.32. The van der Waals surface area contributed by atoms with E-state index < -0.39 is 5.97 Å². The molecule has 0 spiro atoms. The fourth-order valence-electron chi connectivity index (χ4n) is 2.49. The van der Waals surface area contributed by atoms with Crippen molar-refractivity contribution in [3.8, 4) is 0 Å². The van der Waals surface area contributed by atoms with Crippen LogP contribution in [0.1, 0.15) is 43.1 Å². The molecule has 0 bridgehead atoms. The maximum absolute atomic E-state index is 12.1. The van der Waals surface area contributed by atoms with Crippen molar-refractivity contribution in [1.29, 1.82) is 0 Å². The van der Waals surface area contributed by atoms with Gasteiger partial charge < -0.3 is 15.4 Å². The largest absolute Gasteiger partial charge is 0.465 e. The number of ether oxygens (including phenoxy) is 1. The Bertz CT molecular complexity index is 811. The highest BCUT2D eigenvalue weighted by Crippen LogP contribution is 2.24. The fourth-order valence-corrected chi connectivity index (χ4v) is 2.68. The van der Waals surface area contributed by atoms with Crippen LogP contribution in [0.4, 0.5) is 11.4 Å². The molecule has 144 valence electrons. The zero-order chi connectivity index (χ0) is 20.0. The summed E-state index contributed by atoms with van der Waals surface area (Å²) >= 11 is 6.13. The molecule has 6 heteroatoms. The minimum atomic E-state index is -0.439. The number of halogens is 1. The number of amides is 1. The topological polar surface area (TPSA) is 67.4 Å². The molecular weight excluding hydrogens is 364 g/mol. The maximum Gasteiger partial charge on any atom is 0.337 e. The highest BCUT2D eigenvalue weighted by Gasteiger charge is 2.13. The van der Waals surface area contributed by atoms with Gasteiger partial charge in [0.15, 0.2) is 0 Å². The summed E-state index contributed by atoms with van der Waals surface area (Å²) in [6.07, 6.45) is 0.264. The van der Waals surface area contributed by atoms with Gasteiger partial charge in [-0.2, -0.15) is 0 Å². The average Bonchev–Trinajstić information content (AvgIpc) is 2.62. The van der Waals surface area contributed by atoms with Crippen molar-refractivity contribution >= 4 is 34.9 Å². The Balaban J connectivity index is 1.88. The van der Waals surface area contributed by atoms with Gasteiger partial charge >= 0.3 is 5.97 Å². The van der Waals surface area contributed by atoms with Crippen LogP contribution in [-0.2, 0) is 14.9 Å². The van der Waals surface area contributed by atoms with Crippen LogP contribution in [0.25, 0.3) is 0 Å². The highest BCUT2D eigenvalue weighted by molar-refractivity contribution is 6.33. The van der Waals surface area contributed by atoms with Crippen LogP contribution in [0.15, 0.2) is 42.5 Å². The lowest BCUT2D eigenvalue weighted by Gasteiger charge is -2.19. The third-order valence-electron chi connectivity index (χ3n) is 4.09. The van der Waals surface area contributed by atoms with Gasteiger partial charge in [-0.1, -0.05) is 44.5 Å². The summed E-state index contributed by atoms with van der Waals surface area (Å²) in [6, 6.07) is 12.7. The molecule has 0 saturated carbocycles. The van der Waals surface area contributed by atoms with Crippen LogP contribution in [-0.4, -0.2) is 25.5 Å². The molecule has 5 nitrogen and oxygen atoms in total. The van der Waals surface area contributed by atoms with Crippen molar-refractivity contribution in [2.45, 2.75) is 32.6 Å². The Hall–Kier alpha value is -2.53. The van der Waals surface area contributed by atoms with Gasteiger partial charge in [0, 0.05) is 18.7 Å². The molecule has 0 heterocycles. The second-order valence-corrected chi connectivity index (χ2v) is 7.65. The van der Waals surface area contributed by atoms with E-state index in [4.69, 9.17) is 16.3 Å². The lowest BCUT2D eigenvalue weighted by molar-refractivity contribution is -0.115. The van der Waals surface area contributed by atoms with Crippen LogP contribution in [0.2, 0.25) is 5.02 Å². The smallest absolute Gasteiger partial charge is 0.337 e. The predicted molar refractivity (Wildman–Crippen MR) is 110 cm³/mol. The van der Waals surface area contributed by atoms with Gasteiger partial charge in [0.05, 0.1) is 23.4 Å². The predicted octanol–water partition coefficient (Wildman–Crippen LogP) is 4.86. The summed E-state index contributed by atoms with van der Waals surface area (Å²) in [5, 5.41) is 6.42. The average molecular weight is 389 g/mol. The van der Waals surface area contributed by atoms with E-state index in [1.54, 1.807) is 18.2 Å². The number of hydrogen-bond donors (Lipinski definition) is 2. The molecule has 27 heavy (non-hydrogen) atoms. The molecule has 0 unspecified atom stereocenters. The SMILES string of the molecule is COC(=O)c1ccc(Cl)c(NCCC(=O)Nc2ccc(C(C)(C)C)cc2)c1. The molecule has 0 atom stereocenters. The van der Waals surface area contributed by atoms with E-state index in [-0.39, 0.29) is 17.7 Å². The molecule has 1 amide bonds. The summed E-state index contributed by atoms with van der Waals surface area (Å²) in [6.45, 7) is 6.82. The van der Waals surface area contributed by atoms with Crippen molar-refractivity contribution in [1.82, 2.24) is 0 Å². The molecule has 0 aliphatic heterocycles. The van der Waals surface area contributed by atoms with Gasteiger partial charge in [-0.05, 0) is 41.3 Å². The first-order valence-corrected chi connectivity index (χ1v) is 9.10. The number of rotatable bonds is 6. The number of carbonyl (C=O) groups excluding carboxylic acids is 2. The standard InChI is InChI=1S/C21H25ClN2O3/c1-21(2,3)15-6-8-16(9-7-15)24-19(25)11-12-23-18-13-14(20(26)27-4)5-10-17(18)22/h5-10,13,23H,11-12H2,1-4H3,(H,24,25). The molecule has 2 rings (SSSR count). The van der Waals surface area contributed by atoms with Gasteiger partial charge in [-0.25, -0.2) is 4.79 Å². The van der Waals surface area contributed by atoms with E-state index in [9.17, 15) is 9.59 Å². The monoisotopic (exact) mass is 388 g/mol.